The van der Waals surface area contributed by atoms with Crippen LogP contribution in [0.4, 0.5) is 0 Å². The lowest BCUT2D eigenvalue weighted by atomic mass is 10.3. The molecule has 0 aliphatic carbocycles. The van der Waals surface area contributed by atoms with E-state index in [1.807, 2.05) is 12.1 Å². The van der Waals surface area contributed by atoms with Crippen molar-refractivity contribution in [1.82, 2.24) is 10.8 Å². The Balaban J connectivity index is 1.76. The molecule has 0 radical (unpaired) electrons. The van der Waals surface area contributed by atoms with Gasteiger partial charge in [0.1, 0.15) is 5.75 Å². The van der Waals surface area contributed by atoms with Gasteiger partial charge in [0.15, 0.2) is 6.10 Å². The smallest absolute Gasteiger partial charge is 0.284 e. The monoisotopic (exact) mass is 328 g/mol. The molecule has 104 valence electrons. The van der Waals surface area contributed by atoms with Gasteiger partial charge in [-0.05, 0) is 44.2 Å². The lowest BCUT2D eigenvalue weighted by Crippen LogP contribution is -2.39. The molecule has 1 aromatic carbocycles. The lowest BCUT2D eigenvalue weighted by Gasteiger charge is -2.16. The summed E-state index contributed by atoms with van der Waals surface area (Å²) >= 11 is 3.34. The maximum absolute atomic E-state index is 11.8. The van der Waals surface area contributed by atoms with Crippen LogP contribution >= 0.6 is 15.9 Å². The van der Waals surface area contributed by atoms with Crippen LogP contribution in [-0.4, -0.2) is 31.2 Å². The van der Waals surface area contributed by atoms with E-state index in [0.717, 1.165) is 24.0 Å². The van der Waals surface area contributed by atoms with Gasteiger partial charge in [-0.15, -0.1) is 0 Å². The third kappa shape index (κ3) is 4.49. The van der Waals surface area contributed by atoms with Crippen molar-refractivity contribution in [3.05, 3.63) is 28.7 Å². The first-order valence-corrected chi connectivity index (χ1v) is 7.03. The summed E-state index contributed by atoms with van der Waals surface area (Å²) in [5, 5.41) is 3.16. The molecule has 0 bridgehead atoms. The SMILES string of the molecule is C[C@H](Oc1ccc(Br)cc1)C(=O)NOC1CCNC1. The fraction of sp³-hybridized carbons (Fsp3) is 0.462. The molecular weight excluding hydrogens is 312 g/mol. The van der Waals surface area contributed by atoms with Crippen molar-refractivity contribution in [2.75, 3.05) is 13.1 Å². The zero-order chi connectivity index (χ0) is 13.7. The number of carbonyl (C=O) groups excluding carboxylic acids is 1. The van der Waals surface area contributed by atoms with E-state index in [1.54, 1.807) is 19.1 Å². The Hall–Kier alpha value is -1.11. The number of rotatable bonds is 5. The third-order valence-electron chi connectivity index (χ3n) is 2.84. The molecule has 0 aromatic heterocycles. The number of amides is 1. The normalized spacial score (nSPS) is 20.0. The van der Waals surface area contributed by atoms with Crippen LogP contribution in [0.3, 0.4) is 0 Å². The van der Waals surface area contributed by atoms with Crippen molar-refractivity contribution in [3.8, 4) is 5.75 Å². The Morgan fingerprint density at radius 2 is 2.21 bits per heavy atom. The molecule has 6 heteroatoms. The van der Waals surface area contributed by atoms with Crippen molar-refractivity contribution in [1.29, 1.82) is 0 Å². The highest BCUT2D eigenvalue weighted by atomic mass is 79.9. The Bertz CT molecular complexity index is 418. The van der Waals surface area contributed by atoms with Crippen LogP contribution in [-0.2, 0) is 9.63 Å². The molecular formula is C13H17BrN2O3. The van der Waals surface area contributed by atoms with Gasteiger partial charge < -0.3 is 10.1 Å². The molecule has 0 spiro atoms. The van der Waals surface area contributed by atoms with E-state index >= 15 is 0 Å². The molecule has 1 saturated heterocycles. The predicted octanol–water partition coefficient (Wildman–Crippen LogP) is 1.63. The van der Waals surface area contributed by atoms with Crippen LogP contribution in [0, 0.1) is 0 Å². The van der Waals surface area contributed by atoms with Gasteiger partial charge in [-0.3, -0.25) is 9.63 Å². The van der Waals surface area contributed by atoms with E-state index in [-0.39, 0.29) is 12.0 Å². The van der Waals surface area contributed by atoms with Gasteiger partial charge in [0.2, 0.25) is 0 Å². The van der Waals surface area contributed by atoms with Crippen LogP contribution in [0.5, 0.6) is 5.75 Å². The lowest BCUT2D eigenvalue weighted by molar-refractivity contribution is -0.144. The molecule has 1 fully saturated rings. The Kier molecular flexibility index (Phi) is 5.18. The molecule has 1 aromatic rings. The fourth-order valence-electron chi connectivity index (χ4n) is 1.72. The number of carbonyl (C=O) groups is 1. The molecule has 1 amide bonds. The number of nitrogens with one attached hydrogen (secondary N) is 2. The Labute approximate surface area is 120 Å². The second-order valence-electron chi connectivity index (χ2n) is 4.41. The first-order valence-electron chi connectivity index (χ1n) is 6.23. The molecule has 0 saturated carbocycles. The van der Waals surface area contributed by atoms with Crippen LogP contribution < -0.4 is 15.5 Å². The molecule has 2 rings (SSSR count). The molecule has 1 unspecified atom stereocenters. The van der Waals surface area contributed by atoms with Gasteiger partial charge in [0.05, 0.1) is 6.10 Å². The second-order valence-corrected chi connectivity index (χ2v) is 5.33. The van der Waals surface area contributed by atoms with E-state index in [4.69, 9.17) is 9.57 Å². The zero-order valence-corrected chi connectivity index (χ0v) is 12.3. The molecule has 1 aliphatic rings. The van der Waals surface area contributed by atoms with Crippen molar-refractivity contribution >= 4 is 21.8 Å². The molecule has 1 heterocycles. The molecule has 19 heavy (non-hydrogen) atoms. The molecule has 5 nitrogen and oxygen atoms in total. The average Bonchev–Trinajstić information content (AvgIpc) is 2.91. The van der Waals surface area contributed by atoms with Crippen molar-refractivity contribution in [3.63, 3.8) is 0 Å². The van der Waals surface area contributed by atoms with Crippen LogP contribution in [0.15, 0.2) is 28.7 Å². The van der Waals surface area contributed by atoms with Gasteiger partial charge >= 0.3 is 0 Å². The summed E-state index contributed by atoms with van der Waals surface area (Å²) in [5.74, 6) is 0.364. The maximum Gasteiger partial charge on any atom is 0.284 e. The largest absolute Gasteiger partial charge is 0.481 e. The fourth-order valence-corrected chi connectivity index (χ4v) is 1.99. The topological polar surface area (TPSA) is 59.6 Å². The Morgan fingerprint density at radius 3 is 2.84 bits per heavy atom. The second kappa shape index (κ2) is 6.88. The Morgan fingerprint density at radius 1 is 1.47 bits per heavy atom. The van der Waals surface area contributed by atoms with Gasteiger partial charge in [0, 0.05) is 11.0 Å². The highest BCUT2D eigenvalue weighted by molar-refractivity contribution is 9.10. The van der Waals surface area contributed by atoms with E-state index in [9.17, 15) is 4.79 Å². The minimum absolute atomic E-state index is 0.0452. The summed E-state index contributed by atoms with van der Waals surface area (Å²) in [7, 11) is 0. The number of halogens is 1. The van der Waals surface area contributed by atoms with Gasteiger partial charge in [-0.2, -0.15) is 0 Å². The first-order chi connectivity index (χ1) is 9.15. The summed E-state index contributed by atoms with van der Waals surface area (Å²) < 4.78 is 6.48. The maximum atomic E-state index is 11.8. The van der Waals surface area contributed by atoms with Gasteiger partial charge in [-0.25, -0.2) is 5.48 Å². The van der Waals surface area contributed by atoms with Gasteiger partial charge in [-0.1, -0.05) is 15.9 Å². The predicted molar refractivity (Wildman–Crippen MR) is 74.7 cm³/mol. The highest BCUT2D eigenvalue weighted by Crippen LogP contribution is 2.17. The first kappa shape index (κ1) is 14.3. The van der Waals surface area contributed by atoms with Crippen molar-refractivity contribution in [2.24, 2.45) is 0 Å². The minimum Gasteiger partial charge on any atom is -0.481 e. The van der Waals surface area contributed by atoms with E-state index in [2.05, 4.69) is 26.7 Å². The summed E-state index contributed by atoms with van der Waals surface area (Å²) in [5.41, 5.74) is 2.44. The van der Waals surface area contributed by atoms with E-state index in [1.165, 1.54) is 0 Å². The van der Waals surface area contributed by atoms with Crippen molar-refractivity contribution < 1.29 is 14.4 Å². The number of ether oxygens (including phenoxy) is 1. The van der Waals surface area contributed by atoms with Crippen molar-refractivity contribution in [2.45, 2.75) is 25.6 Å². The minimum atomic E-state index is -0.601. The standard InChI is InChI=1S/C13H17BrN2O3/c1-9(18-11-4-2-10(14)3-5-11)13(17)16-19-12-6-7-15-8-12/h2-5,9,12,15H,6-8H2,1H3,(H,16,17)/t9-,12?/m0/s1. The molecule has 1 aliphatic heterocycles. The summed E-state index contributed by atoms with van der Waals surface area (Å²) in [4.78, 5) is 17.1. The van der Waals surface area contributed by atoms with Crippen LogP contribution in [0.25, 0.3) is 0 Å². The number of hydrogen-bond acceptors (Lipinski definition) is 4. The zero-order valence-electron chi connectivity index (χ0n) is 10.7. The third-order valence-corrected chi connectivity index (χ3v) is 3.37. The number of benzene rings is 1. The van der Waals surface area contributed by atoms with E-state index in [0.29, 0.717) is 5.75 Å². The summed E-state index contributed by atoms with van der Waals surface area (Å²) in [6.07, 6.45) is 0.349. The molecule has 2 atom stereocenters. The highest BCUT2D eigenvalue weighted by Gasteiger charge is 2.19. The average molecular weight is 329 g/mol. The number of hydroxylamine groups is 1. The number of hydrogen-bond donors (Lipinski definition) is 2. The quantitative estimate of drug-likeness (QED) is 0.806. The van der Waals surface area contributed by atoms with E-state index < -0.39 is 6.10 Å². The van der Waals surface area contributed by atoms with Gasteiger partial charge in [0.25, 0.3) is 5.91 Å². The van der Waals surface area contributed by atoms with Crippen LogP contribution in [0.1, 0.15) is 13.3 Å². The summed E-state index contributed by atoms with van der Waals surface area (Å²) in [6, 6.07) is 7.33. The van der Waals surface area contributed by atoms with Crippen LogP contribution in [0.2, 0.25) is 0 Å². The molecule has 2 N–H and O–H groups in total. The summed E-state index contributed by atoms with van der Waals surface area (Å²) in [6.45, 7) is 3.38.